The van der Waals surface area contributed by atoms with Crippen LogP contribution in [0.2, 0.25) is 10.0 Å². The third-order valence-electron chi connectivity index (χ3n) is 4.32. The second-order valence-corrected chi connectivity index (χ2v) is 7.19. The van der Waals surface area contributed by atoms with E-state index in [2.05, 4.69) is 10.4 Å². The van der Waals surface area contributed by atoms with Gasteiger partial charge in [-0.3, -0.25) is 9.59 Å². The van der Waals surface area contributed by atoms with Crippen LogP contribution in [0.15, 0.2) is 42.5 Å². The van der Waals surface area contributed by atoms with Crippen molar-refractivity contribution >= 4 is 35.0 Å². The predicted molar refractivity (Wildman–Crippen MR) is 103 cm³/mol. The van der Waals surface area contributed by atoms with Crippen LogP contribution in [0.4, 0.5) is 8.78 Å². The number of halogens is 4. The summed E-state index contributed by atoms with van der Waals surface area (Å²) < 4.78 is 28.8. The van der Waals surface area contributed by atoms with Crippen LogP contribution in [0, 0.1) is 11.6 Å². The Labute approximate surface area is 173 Å². The maximum absolute atomic E-state index is 13.9. The maximum Gasteiger partial charge on any atom is 0.276 e. The smallest absolute Gasteiger partial charge is 0.276 e. The van der Waals surface area contributed by atoms with Crippen molar-refractivity contribution in [1.29, 1.82) is 0 Å². The largest absolute Gasteiger partial charge is 0.337 e. The number of nitrogens with zero attached hydrogens (tertiary/aromatic N) is 3. The van der Waals surface area contributed by atoms with Gasteiger partial charge in [0.05, 0.1) is 23.1 Å². The zero-order chi connectivity index (χ0) is 20.7. The van der Waals surface area contributed by atoms with Crippen molar-refractivity contribution in [3.8, 4) is 16.9 Å². The highest BCUT2D eigenvalue weighted by Gasteiger charge is 2.27. The van der Waals surface area contributed by atoms with Crippen molar-refractivity contribution in [2.75, 3.05) is 13.2 Å². The van der Waals surface area contributed by atoms with Gasteiger partial charge in [-0.1, -0.05) is 23.2 Å². The molecule has 1 aromatic heterocycles. The molecule has 0 unspecified atom stereocenters. The van der Waals surface area contributed by atoms with E-state index in [0.29, 0.717) is 16.9 Å². The number of nitrogens with one attached hydrogen (secondary N) is 1. The molecule has 3 aromatic rings. The van der Waals surface area contributed by atoms with Gasteiger partial charge in [-0.05, 0) is 42.5 Å². The fourth-order valence-corrected chi connectivity index (χ4v) is 3.38. The second kappa shape index (κ2) is 7.46. The van der Waals surface area contributed by atoms with Crippen molar-refractivity contribution < 1.29 is 18.4 Å². The van der Waals surface area contributed by atoms with Gasteiger partial charge in [-0.15, -0.1) is 0 Å². The first kappa shape index (κ1) is 19.4. The van der Waals surface area contributed by atoms with E-state index in [1.807, 2.05) is 0 Å². The summed E-state index contributed by atoms with van der Waals surface area (Å²) in [6.07, 6.45) is 0. The van der Waals surface area contributed by atoms with Crippen molar-refractivity contribution in [2.45, 2.75) is 0 Å². The first-order valence-corrected chi connectivity index (χ1v) is 9.15. The third kappa shape index (κ3) is 3.81. The molecule has 1 aliphatic heterocycles. The van der Waals surface area contributed by atoms with Crippen LogP contribution in [-0.2, 0) is 4.79 Å². The zero-order valence-corrected chi connectivity index (χ0v) is 16.1. The Morgan fingerprint density at radius 3 is 2.55 bits per heavy atom. The number of hydrogen-bond acceptors (Lipinski definition) is 3. The molecule has 2 heterocycles. The molecule has 0 aliphatic carbocycles. The molecule has 1 aliphatic rings. The standard InChI is InChI=1S/C19H12Cl2F2N4O2/c20-11-3-10(4-12(22)5-11)17-7-16(19(29)26-8-18(28)24-9-26)25-27(17)13-1-2-15(23)14(21)6-13/h1-7H,8-9H2,(H,24,28). The molecule has 2 amide bonds. The van der Waals surface area contributed by atoms with E-state index in [4.69, 9.17) is 23.2 Å². The summed E-state index contributed by atoms with van der Waals surface area (Å²) in [5, 5.41) is 6.86. The number of rotatable bonds is 3. The number of hydrogen-bond donors (Lipinski definition) is 1. The molecule has 10 heteroatoms. The molecule has 6 nitrogen and oxygen atoms in total. The summed E-state index contributed by atoms with van der Waals surface area (Å²) in [5.41, 5.74) is 1.09. The average molecular weight is 437 g/mol. The summed E-state index contributed by atoms with van der Waals surface area (Å²) in [5.74, 6) is -1.95. The van der Waals surface area contributed by atoms with Gasteiger partial charge < -0.3 is 10.2 Å². The highest BCUT2D eigenvalue weighted by Crippen LogP contribution is 2.29. The highest BCUT2D eigenvalue weighted by molar-refractivity contribution is 6.31. The molecule has 0 spiro atoms. The summed E-state index contributed by atoms with van der Waals surface area (Å²) in [4.78, 5) is 25.4. The fourth-order valence-electron chi connectivity index (χ4n) is 2.98. The summed E-state index contributed by atoms with van der Waals surface area (Å²) in [6.45, 7) is -0.0246. The molecule has 0 radical (unpaired) electrons. The SMILES string of the molecule is O=C1CN(C(=O)c2cc(-c3cc(F)cc(Cl)c3)n(-c3ccc(F)c(Cl)c3)n2)CN1. The van der Waals surface area contributed by atoms with Crippen LogP contribution < -0.4 is 5.32 Å². The van der Waals surface area contributed by atoms with Gasteiger partial charge in [0, 0.05) is 10.6 Å². The van der Waals surface area contributed by atoms with E-state index in [1.165, 1.54) is 39.9 Å². The Morgan fingerprint density at radius 1 is 1.10 bits per heavy atom. The molecule has 29 heavy (non-hydrogen) atoms. The number of aromatic nitrogens is 2. The molecule has 0 bridgehead atoms. The fraction of sp³-hybridized carbons (Fsp3) is 0.105. The normalized spacial score (nSPS) is 13.7. The summed E-state index contributed by atoms with van der Waals surface area (Å²) in [6, 6.07) is 9.27. The summed E-state index contributed by atoms with van der Waals surface area (Å²) in [7, 11) is 0. The number of carbonyl (C=O) groups excluding carboxylic acids is 2. The quantitative estimate of drug-likeness (QED) is 0.681. The van der Waals surface area contributed by atoms with Crippen LogP contribution in [-0.4, -0.2) is 39.7 Å². The lowest BCUT2D eigenvalue weighted by atomic mass is 10.1. The molecule has 1 saturated heterocycles. The van der Waals surface area contributed by atoms with Crippen LogP contribution in [0.5, 0.6) is 0 Å². The topological polar surface area (TPSA) is 67.2 Å². The lowest BCUT2D eigenvalue weighted by molar-refractivity contribution is -0.118. The van der Waals surface area contributed by atoms with E-state index < -0.39 is 17.5 Å². The van der Waals surface area contributed by atoms with Crippen molar-refractivity contribution in [3.05, 3.63) is 69.8 Å². The van der Waals surface area contributed by atoms with Gasteiger partial charge in [0.2, 0.25) is 5.91 Å². The van der Waals surface area contributed by atoms with E-state index in [9.17, 15) is 18.4 Å². The lowest BCUT2D eigenvalue weighted by Crippen LogP contribution is -2.30. The van der Waals surface area contributed by atoms with Gasteiger partial charge in [-0.25, -0.2) is 13.5 Å². The monoisotopic (exact) mass is 436 g/mol. The van der Waals surface area contributed by atoms with Gasteiger partial charge in [-0.2, -0.15) is 5.10 Å². The molecule has 0 atom stereocenters. The Balaban J connectivity index is 1.85. The first-order chi connectivity index (χ1) is 13.8. The van der Waals surface area contributed by atoms with Crippen LogP contribution in [0.3, 0.4) is 0 Å². The first-order valence-electron chi connectivity index (χ1n) is 8.40. The third-order valence-corrected chi connectivity index (χ3v) is 4.83. The van der Waals surface area contributed by atoms with Gasteiger partial charge in [0.15, 0.2) is 5.69 Å². The minimum atomic E-state index is -0.615. The van der Waals surface area contributed by atoms with E-state index in [-0.39, 0.29) is 34.9 Å². The highest BCUT2D eigenvalue weighted by atomic mass is 35.5. The molecular formula is C19H12Cl2F2N4O2. The van der Waals surface area contributed by atoms with Crippen LogP contribution in [0.25, 0.3) is 16.9 Å². The molecule has 1 fully saturated rings. The molecule has 1 N–H and O–H groups in total. The van der Waals surface area contributed by atoms with E-state index in [0.717, 1.165) is 12.1 Å². The summed E-state index contributed by atoms with van der Waals surface area (Å²) >= 11 is 11.9. The molecule has 0 saturated carbocycles. The van der Waals surface area contributed by atoms with Crippen molar-refractivity contribution in [2.24, 2.45) is 0 Å². The van der Waals surface area contributed by atoms with Gasteiger partial charge in [0.25, 0.3) is 5.91 Å². The van der Waals surface area contributed by atoms with E-state index >= 15 is 0 Å². The average Bonchev–Trinajstić information content (AvgIpc) is 3.29. The zero-order valence-electron chi connectivity index (χ0n) is 14.6. The molecule has 2 aromatic carbocycles. The maximum atomic E-state index is 13.9. The minimum Gasteiger partial charge on any atom is -0.337 e. The lowest BCUT2D eigenvalue weighted by Gasteiger charge is -2.10. The van der Waals surface area contributed by atoms with Crippen LogP contribution in [0.1, 0.15) is 10.5 Å². The Hall–Kier alpha value is -2.97. The molecule has 4 rings (SSSR count). The van der Waals surface area contributed by atoms with Crippen molar-refractivity contribution in [1.82, 2.24) is 20.0 Å². The predicted octanol–water partition coefficient (Wildman–Crippen LogP) is 3.65. The number of benzene rings is 2. The molecule has 148 valence electrons. The van der Waals surface area contributed by atoms with Gasteiger partial charge >= 0.3 is 0 Å². The Morgan fingerprint density at radius 2 is 1.90 bits per heavy atom. The second-order valence-electron chi connectivity index (χ2n) is 6.34. The Bertz CT molecular complexity index is 1130. The van der Waals surface area contributed by atoms with Crippen molar-refractivity contribution in [3.63, 3.8) is 0 Å². The Kier molecular flexibility index (Phi) is 4.97. The van der Waals surface area contributed by atoms with E-state index in [1.54, 1.807) is 0 Å². The van der Waals surface area contributed by atoms with Gasteiger partial charge in [0.1, 0.15) is 18.2 Å². The minimum absolute atomic E-state index is 0.0253. The molecular weight excluding hydrogens is 425 g/mol. The number of amides is 2. The van der Waals surface area contributed by atoms with Crippen LogP contribution >= 0.6 is 23.2 Å². The number of carbonyl (C=O) groups is 2.